The molecule has 0 saturated carbocycles. The van der Waals surface area contributed by atoms with Gasteiger partial charge in [0.15, 0.2) is 5.76 Å². The summed E-state index contributed by atoms with van der Waals surface area (Å²) in [6.07, 6.45) is 3.20. The number of hydrogen-bond donors (Lipinski definition) is 1. The molecule has 2 aromatic rings. The van der Waals surface area contributed by atoms with Crippen molar-refractivity contribution < 1.29 is 14.0 Å². The Kier molecular flexibility index (Phi) is 5.24. The molecular weight excluding hydrogens is 330 g/mol. The minimum absolute atomic E-state index is 0.00495. The van der Waals surface area contributed by atoms with Crippen molar-refractivity contribution in [3.8, 4) is 5.75 Å². The number of hydrogen-bond acceptors (Lipinski definition) is 6. The molecule has 6 heteroatoms. The number of nitrogens with one attached hydrogen (secondary N) is 1. The smallest absolute Gasteiger partial charge is 0.174 e. The maximum Gasteiger partial charge on any atom is 0.174 e. The normalized spacial score (nSPS) is 20.7. The third-order valence-electron chi connectivity index (χ3n) is 5.24. The van der Waals surface area contributed by atoms with Crippen LogP contribution in [0.2, 0.25) is 0 Å². The third-order valence-corrected chi connectivity index (χ3v) is 5.24. The first-order chi connectivity index (χ1) is 12.7. The molecule has 0 radical (unpaired) electrons. The Morgan fingerprint density at radius 2 is 2.00 bits per heavy atom. The van der Waals surface area contributed by atoms with Crippen molar-refractivity contribution in [2.45, 2.75) is 37.5 Å². The molecule has 1 N–H and O–H groups in total. The van der Waals surface area contributed by atoms with Crippen molar-refractivity contribution in [1.82, 2.24) is 15.4 Å². The van der Waals surface area contributed by atoms with Gasteiger partial charge < -0.3 is 24.2 Å². The van der Waals surface area contributed by atoms with Gasteiger partial charge in [0.1, 0.15) is 12.4 Å². The first-order valence-electron chi connectivity index (χ1n) is 9.37. The van der Waals surface area contributed by atoms with Crippen LogP contribution in [0.4, 0.5) is 0 Å². The molecule has 0 amide bonds. The summed E-state index contributed by atoms with van der Waals surface area (Å²) in [5.74, 6) is 1.58. The maximum absolute atomic E-state index is 5.73. The Balaban J connectivity index is 1.32. The second-order valence-corrected chi connectivity index (χ2v) is 7.56. The van der Waals surface area contributed by atoms with E-state index in [9.17, 15) is 0 Å². The fourth-order valence-corrected chi connectivity index (χ4v) is 3.70. The number of likely N-dealkylation sites (tertiary alicyclic amines) is 1. The fraction of sp³-hybridized carbons (Fsp3) is 0.550. The van der Waals surface area contributed by atoms with Gasteiger partial charge in [-0.3, -0.25) is 0 Å². The lowest BCUT2D eigenvalue weighted by Crippen LogP contribution is -2.65. The van der Waals surface area contributed by atoms with Crippen LogP contribution in [0.15, 0.2) is 40.9 Å². The maximum atomic E-state index is 5.73. The van der Waals surface area contributed by atoms with E-state index in [2.05, 4.69) is 22.4 Å². The van der Waals surface area contributed by atoms with E-state index < -0.39 is 0 Å². The van der Waals surface area contributed by atoms with Crippen LogP contribution < -0.4 is 10.1 Å². The lowest BCUT2D eigenvalue weighted by atomic mass is 9.88. The molecule has 0 atom stereocenters. The molecule has 26 heavy (non-hydrogen) atoms. The van der Waals surface area contributed by atoms with Gasteiger partial charge in [0.2, 0.25) is 0 Å². The van der Waals surface area contributed by atoms with Crippen molar-refractivity contribution >= 4 is 0 Å². The third kappa shape index (κ3) is 4.26. The molecule has 2 aliphatic heterocycles. The highest BCUT2D eigenvalue weighted by Gasteiger charge is 2.41. The van der Waals surface area contributed by atoms with Gasteiger partial charge in [-0.15, -0.1) is 0 Å². The highest BCUT2D eigenvalue weighted by atomic mass is 16.5. The molecule has 140 valence electrons. The minimum Gasteiger partial charge on any atom is -0.486 e. The number of rotatable bonds is 7. The topological polar surface area (TPSA) is 59.8 Å². The van der Waals surface area contributed by atoms with E-state index in [0.29, 0.717) is 12.6 Å². The lowest BCUT2D eigenvalue weighted by Gasteiger charge is -2.45. The van der Waals surface area contributed by atoms with Crippen LogP contribution in [-0.2, 0) is 17.8 Å². The number of benzene rings is 1. The van der Waals surface area contributed by atoms with Crippen molar-refractivity contribution in [3.05, 3.63) is 47.9 Å². The zero-order valence-corrected chi connectivity index (χ0v) is 15.3. The van der Waals surface area contributed by atoms with Crippen molar-refractivity contribution in [1.29, 1.82) is 0 Å². The van der Waals surface area contributed by atoms with Crippen molar-refractivity contribution in [2.75, 3.05) is 33.4 Å². The fourth-order valence-electron chi connectivity index (χ4n) is 3.70. The molecule has 6 nitrogen and oxygen atoms in total. The molecule has 0 spiro atoms. The molecule has 3 heterocycles. The quantitative estimate of drug-likeness (QED) is 0.820. The summed E-state index contributed by atoms with van der Waals surface area (Å²) in [4.78, 5) is 2.39. The summed E-state index contributed by atoms with van der Waals surface area (Å²) in [5, 5.41) is 8.08. The van der Waals surface area contributed by atoms with E-state index in [-0.39, 0.29) is 5.54 Å². The second-order valence-electron chi connectivity index (χ2n) is 7.56. The van der Waals surface area contributed by atoms with Gasteiger partial charge in [-0.1, -0.05) is 23.4 Å². The lowest BCUT2D eigenvalue weighted by molar-refractivity contribution is -0.0823. The molecule has 0 bridgehead atoms. The molecule has 0 unspecified atom stereocenters. The summed E-state index contributed by atoms with van der Waals surface area (Å²) in [5.41, 5.74) is 0.954. The van der Waals surface area contributed by atoms with Gasteiger partial charge >= 0.3 is 0 Å². The summed E-state index contributed by atoms with van der Waals surface area (Å²) in [7, 11) is 2.19. The monoisotopic (exact) mass is 357 g/mol. The number of nitrogens with zero attached hydrogens (tertiary/aromatic N) is 2. The van der Waals surface area contributed by atoms with E-state index in [1.165, 1.54) is 12.8 Å². The van der Waals surface area contributed by atoms with Crippen LogP contribution in [0.5, 0.6) is 5.75 Å². The van der Waals surface area contributed by atoms with Crippen molar-refractivity contribution in [2.24, 2.45) is 0 Å². The largest absolute Gasteiger partial charge is 0.486 e. The number of piperidine rings is 1. The van der Waals surface area contributed by atoms with Gasteiger partial charge in [-0.05, 0) is 45.1 Å². The Bertz CT molecular complexity index is 691. The molecule has 2 saturated heterocycles. The van der Waals surface area contributed by atoms with E-state index in [0.717, 1.165) is 49.9 Å². The average molecular weight is 357 g/mol. The minimum atomic E-state index is -0.00495. The highest BCUT2D eigenvalue weighted by Crippen LogP contribution is 2.25. The standard InChI is InChI=1S/C20H27N3O3/c1-23-9-7-16(8-10-23)21-20(14-24-15-20)12-17-11-19(26-22-17)13-25-18-5-3-2-4-6-18/h2-6,11,16,21H,7-10,12-15H2,1H3. The van der Waals surface area contributed by atoms with Crippen LogP contribution in [0.3, 0.4) is 0 Å². The number of ether oxygens (including phenoxy) is 2. The molecular formula is C20H27N3O3. The summed E-state index contributed by atoms with van der Waals surface area (Å²) >= 11 is 0. The van der Waals surface area contributed by atoms with E-state index in [1.807, 2.05) is 36.4 Å². The first-order valence-corrected chi connectivity index (χ1v) is 9.37. The Labute approximate surface area is 154 Å². The van der Waals surface area contributed by atoms with Crippen LogP contribution in [0, 0.1) is 0 Å². The molecule has 2 fully saturated rings. The average Bonchev–Trinajstić information content (AvgIpc) is 3.08. The van der Waals surface area contributed by atoms with Crippen LogP contribution in [-0.4, -0.2) is 55.0 Å². The number of aromatic nitrogens is 1. The van der Waals surface area contributed by atoms with Gasteiger partial charge in [0.05, 0.1) is 24.4 Å². The molecule has 4 rings (SSSR count). The molecule has 1 aromatic carbocycles. The first kappa shape index (κ1) is 17.5. The van der Waals surface area contributed by atoms with Gasteiger partial charge in [0, 0.05) is 18.5 Å². The zero-order chi connectivity index (χ0) is 17.8. The molecule has 0 aliphatic carbocycles. The predicted molar refractivity (Wildman–Crippen MR) is 98.2 cm³/mol. The Morgan fingerprint density at radius 3 is 2.69 bits per heavy atom. The molecule has 1 aromatic heterocycles. The van der Waals surface area contributed by atoms with Crippen LogP contribution in [0.1, 0.15) is 24.3 Å². The van der Waals surface area contributed by atoms with E-state index in [1.54, 1.807) is 0 Å². The van der Waals surface area contributed by atoms with Crippen LogP contribution >= 0.6 is 0 Å². The van der Waals surface area contributed by atoms with Gasteiger partial charge in [0.25, 0.3) is 0 Å². The summed E-state index contributed by atoms with van der Waals surface area (Å²) < 4.78 is 16.7. The zero-order valence-electron chi connectivity index (χ0n) is 15.3. The SMILES string of the molecule is CN1CCC(NC2(Cc3cc(COc4ccccc4)on3)COC2)CC1. The van der Waals surface area contributed by atoms with E-state index in [4.69, 9.17) is 14.0 Å². The predicted octanol–water partition coefficient (Wildman–Crippen LogP) is 2.25. The Morgan fingerprint density at radius 1 is 1.23 bits per heavy atom. The summed E-state index contributed by atoms with van der Waals surface area (Å²) in [6, 6.07) is 12.3. The van der Waals surface area contributed by atoms with Crippen molar-refractivity contribution in [3.63, 3.8) is 0 Å². The summed E-state index contributed by atoms with van der Waals surface area (Å²) in [6.45, 7) is 4.17. The van der Waals surface area contributed by atoms with Gasteiger partial charge in [-0.2, -0.15) is 0 Å². The highest BCUT2D eigenvalue weighted by molar-refractivity contribution is 5.21. The van der Waals surface area contributed by atoms with E-state index >= 15 is 0 Å². The van der Waals surface area contributed by atoms with Crippen LogP contribution in [0.25, 0.3) is 0 Å². The number of para-hydroxylation sites is 1. The Hall–Kier alpha value is -1.89. The second kappa shape index (κ2) is 7.78. The van der Waals surface area contributed by atoms with Gasteiger partial charge in [-0.25, -0.2) is 0 Å². The molecule has 2 aliphatic rings.